The molecule has 2 amide bonds. The molecular formula is C26H26ClF5N6O3. The van der Waals surface area contributed by atoms with E-state index in [0.717, 1.165) is 22.9 Å². The summed E-state index contributed by atoms with van der Waals surface area (Å²) in [6.45, 7) is 0.911. The number of nitrogens with one attached hydrogen (secondary N) is 3. The first-order valence-electron chi connectivity index (χ1n) is 12.5. The van der Waals surface area contributed by atoms with E-state index in [1.165, 1.54) is 19.2 Å². The molecule has 1 aliphatic rings. The number of aryl methyl sites for hydroxylation is 1. The first-order valence-corrected chi connectivity index (χ1v) is 12.9. The number of anilines is 2. The van der Waals surface area contributed by atoms with Gasteiger partial charge in [0.1, 0.15) is 5.69 Å². The standard InChI is InChI=1S/C26H26ClF5N6O3/c1-36-21(39)13-19(35-36)25(41)33-14-15-2-4-17(23(29)22(15)28)24(40)34-18-5-3-16(27)12-20(18)38-10-8-37(9-11-38)7-6-26(30,31)32/h2-5,12-13,35H,6-11,14H2,1H3,(H,33,41)(H,34,40). The molecule has 3 N–H and O–H groups in total. The number of amides is 2. The van der Waals surface area contributed by atoms with Gasteiger partial charge in [-0.3, -0.25) is 29.1 Å². The van der Waals surface area contributed by atoms with E-state index < -0.39 is 53.7 Å². The fourth-order valence-corrected chi connectivity index (χ4v) is 4.50. The van der Waals surface area contributed by atoms with Crippen molar-refractivity contribution in [3.63, 3.8) is 0 Å². The fraction of sp³-hybridized carbons (Fsp3) is 0.346. The molecule has 15 heteroatoms. The number of rotatable bonds is 8. The van der Waals surface area contributed by atoms with E-state index >= 15 is 0 Å². The molecule has 1 saturated heterocycles. The van der Waals surface area contributed by atoms with E-state index in [4.69, 9.17) is 11.6 Å². The number of carbonyl (C=O) groups is 2. The van der Waals surface area contributed by atoms with E-state index in [1.54, 1.807) is 11.0 Å². The van der Waals surface area contributed by atoms with Crippen molar-refractivity contribution in [1.82, 2.24) is 20.0 Å². The highest BCUT2D eigenvalue weighted by atomic mass is 35.5. The maximum Gasteiger partial charge on any atom is 0.390 e. The van der Waals surface area contributed by atoms with Crippen molar-refractivity contribution in [2.24, 2.45) is 7.05 Å². The molecule has 220 valence electrons. The lowest BCUT2D eigenvalue weighted by atomic mass is 10.1. The van der Waals surface area contributed by atoms with Crippen molar-refractivity contribution in [3.05, 3.63) is 80.2 Å². The van der Waals surface area contributed by atoms with Crippen LogP contribution in [0.1, 0.15) is 32.8 Å². The van der Waals surface area contributed by atoms with Gasteiger partial charge in [-0.25, -0.2) is 8.78 Å². The van der Waals surface area contributed by atoms with Gasteiger partial charge in [0, 0.05) is 63.0 Å². The molecule has 1 aromatic heterocycles. The van der Waals surface area contributed by atoms with Gasteiger partial charge in [0.2, 0.25) is 0 Å². The predicted octanol–water partition coefficient (Wildman–Crippen LogP) is 3.90. The first kappa shape index (κ1) is 30.1. The van der Waals surface area contributed by atoms with Crippen LogP contribution >= 0.6 is 11.6 Å². The second kappa shape index (κ2) is 12.3. The molecule has 2 aromatic carbocycles. The number of halogens is 6. The van der Waals surface area contributed by atoms with Crippen LogP contribution in [0.15, 0.2) is 41.2 Å². The van der Waals surface area contributed by atoms with Crippen LogP contribution in [-0.4, -0.2) is 65.4 Å². The molecule has 0 spiro atoms. The van der Waals surface area contributed by atoms with E-state index in [0.29, 0.717) is 36.9 Å². The molecule has 41 heavy (non-hydrogen) atoms. The van der Waals surface area contributed by atoms with Crippen LogP contribution in [0.3, 0.4) is 0 Å². The first-order chi connectivity index (χ1) is 19.3. The molecule has 4 rings (SSSR count). The smallest absolute Gasteiger partial charge is 0.367 e. The summed E-state index contributed by atoms with van der Waals surface area (Å²) in [5.74, 6) is -4.39. The highest BCUT2D eigenvalue weighted by molar-refractivity contribution is 6.31. The number of nitrogens with zero attached hydrogens (tertiary/aromatic N) is 3. The number of aromatic nitrogens is 2. The maximum atomic E-state index is 14.9. The minimum Gasteiger partial charge on any atom is -0.367 e. The second-order valence-corrected chi connectivity index (χ2v) is 9.90. The Hall–Kier alpha value is -3.91. The van der Waals surface area contributed by atoms with E-state index in [2.05, 4.69) is 15.7 Å². The molecular weight excluding hydrogens is 575 g/mol. The Kier molecular flexibility index (Phi) is 9.02. The summed E-state index contributed by atoms with van der Waals surface area (Å²) in [7, 11) is 1.41. The van der Waals surface area contributed by atoms with Crippen LogP contribution < -0.4 is 21.1 Å². The minimum absolute atomic E-state index is 0.0594. The number of benzene rings is 2. The summed E-state index contributed by atoms with van der Waals surface area (Å²) < 4.78 is 68.5. The van der Waals surface area contributed by atoms with Crippen LogP contribution in [-0.2, 0) is 13.6 Å². The Morgan fingerprint density at radius 1 is 1.00 bits per heavy atom. The predicted molar refractivity (Wildman–Crippen MR) is 142 cm³/mol. The van der Waals surface area contributed by atoms with Gasteiger partial charge < -0.3 is 15.5 Å². The highest BCUT2D eigenvalue weighted by Crippen LogP contribution is 2.31. The molecule has 9 nitrogen and oxygen atoms in total. The van der Waals surface area contributed by atoms with Crippen LogP contribution in [0.5, 0.6) is 0 Å². The van der Waals surface area contributed by atoms with E-state index in [-0.39, 0.29) is 23.5 Å². The van der Waals surface area contributed by atoms with Crippen LogP contribution in [0.4, 0.5) is 33.3 Å². The van der Waals surface area contributed by atoms with Crippen LogP contribution in [0, 0.1) is 11.6 Å². The zero-order valence-electron chi connectivity index (χ0n) is 21.7. The van der Waals surface area contributed by atoms with Crippen molar-refractivity contribution < 1.29 is 31.5 Å². The van der Waals surface area contributed by atoms with Gasteiger partial charge in [-0.2, -0.15) is 13.2 Å². The van der Waals surface area contributed by atoms with E-state index in [9.17, 15) is 36.3 Å². The Labute approximate surface area is 235 Å². The lowest BCUT2D eigenvalue weighted by Gasteiger charge is -2.37. The topological polar surface area (TPSA) is 102 Å². The largest absolute Gasteiger partial charge is 0.390 e. The Morgan fingerprint density at radius 2 is 1.71 bits per heavy atom. The van der Waals surface area contributed by atoms with Gasteiger partial charge in [-0.15, -0.1) is 0 Å². The lowest BCUT2D eigenvalue weighted by Crippen LogP contribution is -2.47. The monoisotopic (exact) mass is 600 g/mol. The number of hydrogen-bond acceptors (Lipinski definition) is 5. The average Bonchev–Trinajstić information content (AvgIpc) is 3.27. The van der Waals surface area contributed by atoms with Crippen LogP contribution in [0.2, 0.25) is 5.02 Å². The second-order valence-electron chi connectivity index (χ2n) is 9.46. The number of hydrogen-bond donors (Lipinski definition) is 3. The molecule has 3 aromatic rings. The summed E-state index contributed by atoms with van der Waals surface area (Å²) in [6.07, 6.45) is -5.15. The third kappa shape index (κ3) is 7.44. The van der Waals surface area contributed by atoms with Crippen molar-refractivity contribution in [2.45, 2.75) is 19.1 Å². The summed E-state index contributed by atoms with van der Waals surface area (Å²) in [4.78, 5) is 40.2. The Balaban J connectivity index is 1.43. The SMILES string of the molecule is Cn1[nH]c(C(=O)NCc2ccc(C(=O)Nc3ccc(Cl)cc3N3CCN(CCC(F)(F)F)CC3)c(F)c2F)cc1=O. The van der Waals surface area contributed by atoms with Crippen molar-refractivity contribution in [2.75, 3.05) is 42.9 Å². The highest BCUT2D eigenvalue weighted by Gasteiger charge is 2.29. The van der Waals surface area contributed by atoms with Gasteiger partial charge in [-0.1, -0.05) is 17.7 Å². The van der Waals surface area contributed by atoms with Crippen molar-refractivity contribution >= 4 is 34.8 Å². The Morgan fingerprint density at radius 3 is 2.34 bits per heavy atom. The molecule has 0 saturated carbocycles. The molecule has 1 aliphatic heterocycles. The summed E-state index contributed by atoms with van der Waals surface area (Å²) >= 11 is 6.15. The molecule has 0 atom stereocenters. The summed E-state index contributed by atoms with van der Waals surface area (Å²) in [5.41, 5.74) is -0.564. The minimum atomic E-state index is -4.24. The summed E-state index contributed by atoms with van der Waals surface area (Å²) in [6, 6.07) is 7.86. The normalized spacial score (nSPS) is 14.3. The Bertz CT molecular complexity index is 1500. The number of carbonyl (C=O) groups excluding carboxylic acids is 2. The lowest BCUT2D eigenvalue weighted by molar-refractivity contribution is -0.138. The molecule has 0 radical (unpaired) electrons. The van der Waals surface area contributed by atoms with Gasteiger partial charge in [-0.05, 0) is 24.3 Å². The third-order valence-corrected chi connectivity index (χ3v) is 6.85. The molecule has 2 heterocycles. The maximum absolute atomic E-state index is 14.9. The van der Waals surface area contributed by atoms with Crippen molar-refractivity contribution in [3.8, 4) is 0 Å². The molecule has 0 aliphatic carbocycles. The van der Waals surface area contributed by atoms with Gasteiger partial charge in [0.25, 0.3) is 17.4 Å². The third-order valence-electron chi connectivity index (χ3n) is 6.61. The zero-order chi connectivity index (χ0) is 29.9. The summed E-state index contributed by atoms with van der Waals surface area (Å²) in [5, 5.41) is 7.80. The van der Waals surface area contributed by atoms with Gasteiger partial charge in [0.05, 0.1) is 23.4 Å². The number of H-pyrrole nitrogens is 1. The van der Waals surface area contributed by atoms with Crippen LogP contribution in [0.25, 0.3) is 0 Å². The molecule has 0 bridgehead atoms. The molecule has 1 fully saturated rings. The average molecular weight is 601 g/mol. The zero-order valence-corrected chi connectivity index (χ0v) is 22.5. The number of piperazine rings is 1. The van der Waals surface area contributed by atoms with Gasteiger partial charge >= 0.3 is 6.18 Å². The van der Waals surface area contributed by atoms with Gasteiger partial charge in [0.15, 0.2) is 11.6 Å². The number of aromatic amines is 1. The molecule has 0 unspecified atom stereocenters. The van der Waals surface area contributed by atoms with Crippen molar-refractivity contribution in [1.29, 1.82) is 0 Å². The van der Waals surface area contributed by atoms with E-state index in [1.807, 2.05) is 4.90 Å². The quantitative estimate of drug-likeness (QED) is 0.341. The fourth-order valence-electron chi connectivity index (χ4n) is 4.34. The number of alkyl halides is 3.